The number of fused-ring (bicyclic) bond motifs is 1. The van der Waals surface area contributed by atoms with Crippen LogP contribution >= 0.6 is 0 Å². The molecule has 1 aromatic rings. The zero-order chi connectivity index (χ0) is 18.9. The molecule has 7 heteroatoms. The first-order valence-corrected chi connectivity index (χ1v) is 9.04. The van der Waals surface area contributed by atoms with Crippen molar-refractivity contribution in [2.75, 3.05) is 44.8 Å². The SMILES string of the molecule is CCN(CC(=O)Nc1ccc2c(c1)OCCO2)C(=O)CCOCC(C)C. The molecule has 1 aromatic carbocycles. The molecule has 0 bridgehead atoms. The Balaban J connectivity index is 1.81. The van der Waals surface area contributed by atoms with Gasteiger partial charge in [-0.2, -0.15) is 0 Å². The average molecular weight is 364 g/mol. The molecule has 7 nitrogen and oxygen atoms in total. The third kappa shape index (κ3) is 6.22. The van der Waals surface area contributed by atoms with Crippen LogP contribution in [0.1, 0.15) is 27.2 Å². The van der Waals surface area contributed by atoms with Gasteiger partial charge in [-0.15, -0.1) is 0 Å². The van der Waals surface area contributed by atoms with Gasteiger partial charge in [-0.25, -0.2) is 0 Å². The first kappa shape index (κ1) is 20.0. The van der Waals surface area contributed by atoms with E-state index < -0.39 is 0 Å². The number of carbonyl (C=O) groups is 2. The molecule has 0 unspecified atom stereocenters. The number of benzene rings is 1. The van der Waals surface area contributed by atoms with E-state index in [-0.39, 0.29) is 24.8 Å². The Hall–Kier alpha value is -2.28. The molecule has 26 heavy (non-hydrogen) atoms. The van der Waals surface area contributed by atoms with Gasteiger partial charge in [-0.3, -0.25) is 9.59 Å². The Morgan fingerprint density at radius 3 is 2.65 bits per heavy atom. The van der Waals surface area contributed by atoms with Gasteiger partial charge in [0.15, 0.2) is 11.5 Å². The molecule has 0 aromatic heterocycles. The summed E-state index contributed by atoms with van der Waals surface area (Å²) in [6.07, 6.45) is 0.276. The van der Waals surface area contributed by atoms with Crippen LogP contribution in [0.2, 0.25) is 0 Å². The van der Waals surface area contributed by atoms with Gasteiger partial charge >= 0.3 is 0 Å². The third-order valence-electron chi connectivity index (χ3n) is 3.81. The number of carbonyl (C=O) groups excluding carboxylic acids is 2. The summed E-state index contributed by atoms with van der Waals surface area (Å²) < 4.78 is 16.4. The summed E-state index contributed by atoms with van der Waals surface area (Å²) in [5.41, 5.74) is 0.614. The predicted molar refractivity (Wildman–Crippen MR) is 98.6 cm³/mol. The minimum absolute atomic E-state index is 0.00789. The quantitative estimate of drug-likeness (QED) is 0.681. The fraction of sp³-hybridized carbons (Fsp3) is 0.579. The van der Waals surface area contributed by atoms with E-state index in [0.29, 0.717) is 56.1 Å². The van der Waals surface area contributed by atoms with Crippen LogP contribution in [-0.4, -0.2) is 56.2 Å². The van der Waals surface area contributed by atoms with E-state index in [9.17, 15) is 9.59 Å². The van der Waals surface area contributed by atoms with Crippen molar-refractivity contribution < 1.29 is 23.8 Å². The highest BCUT2D eigenvalue weighted by molar-refractivity contribution is 5.94. The Morgan fingerprint density at radius 2 is 1.96 bits per heavy atom. The third-order valence-corrected chi connectivity index (χ3v) is 3.81. The maximum absolute atomic E-state index is 12.3. The minimum Gasteiger partial charge on any atom is -0.486 e. The lowest BCUT2D eigenvalue weighted by Crippen LogP contribution is -2.38. The van der Waals surface area contributed by atoms with E-state index in [2.05, 4.69) is 19.2 Å². The largest absolute Gasteiger partial charge is 0.486 e. The van der Waals surface area contributed by atoms with Gasteiger partial charge < -0.3 is 24.4 Å². The van der Waals surface area contributed by atoms with Gasteiger partial charge in [0.1, 0.15) is 13.2 Å². The monoisotopic (exact) mass is 364 g/mol. The van der Waals surface area contributed by atoms with E-state index in [1.54, 1.807) is 18.2 Å². The minimum atomic E-state index is -0.250. The molecule has 144 valence electrons. The van der Waals surface area contributed by atoms with Crippen LogP contribution in [0.5, 0.6) is 11.5 Å². The first-order chi connectivity index (χ1) is 12.5. The molecule has 0 aliphatic carbocycles. The number of amides is 2. The molecule has 0 spiro atoms. The zero-order valence-corrected chi connectivity index (χ0v) is 15.7. The molecule has 0 saturated carbocycles. The van der Waals surface area contributed by atoms with Crippen LogP contribution in [0.4, 0.5) is 5.69 Å². The Kier molecular flexibility index (Phi) is 7.72. The van der Waals surface area contributed by atoms with Gasteiger partial charge in [-0.1, -0.05) is 13.8 Å². The summed E-state index contributed by atoms with van der Waals surface area (Å²) in [6, 6.07) is 5.24. The highest BCUT2D eigenvalue weighted by Crippen LogP contribution is 2.32. The van der Waals surface area contributed by atoms with Crippen molar-refractivity contribution in [3.8, 4) is 11.5 Å². The van der Waals surface area contributed by atoms with Crippen molar-refractivity contribution in [2.24, 2.45) is 5.92 Å². The van der Waals surface area contributed by atoms with Crippen LogP contribution in [0.3, 0.4) is 0 Å². The summed E-state index contributed by atoms with van der Waals surface area (Å²) in [5.74, 6) is 1.37. The number of nitrogens with one attached hydrogen (secondary N) is 1. The van der Waals surface area contributed by atoms with Crippen molar-refractivity contribution in [1.82, 2.24) is 4.90 Å². The molecule has 2 amide bonds. The van der Waals surface area contributed by atoms with Gasteiger partial charge in [-0.05, 0) is 25.0 Å². The van der Waals surface area contributed by atoms with Crippen LogP contribution in [0, 0.1) is 5.92 Å². The van der Waals surface area contributed by atoms with Crippen LogP contribution in [0.15, 0.2) is 18.2 Å². The van der Waals surface area contributed by atoms with E-state index in [4.69, 9.17) is 14.2 Å². The molecule has 0 radical (unpaired) electrons. The Labute approximate surface area is 154 Å². The number of likely N-dealkylation sites (N-methyl/N-ethyl adjacent to an activating group) is 1. The molecular formula is C19H28N2O5. The summed E-state index contributed by atoms with van der Waals surface area (Å²) >= 11 is 0. The first-order valence-electron chi connectivity index (χ1n) is 9.04. The standard InChI is InChI=1S/C19H28N2O5/c1-4-21(19(23)7-8-24-13-14(2)3)12-18(22)20-15-5-6-16-17(11-15)26-10-9-25-16/h5-6,11,14H,4,7-10,12-13H2,1-3H3,(H,20,22). The number of hydrogen-bond acceptors (Lipinski definition) is 5. The van der Waals surface area contributed by atoms with Crippen LogP contribution < -0.4 is 14.8 Å². The molecular weight excluding hydrogens is 336 g/mol. The van der Waals surface area contributed by atoms with Gasteiger partial charge in [0.2, 0.25) is 11.8 Å². The number of hydrogen-bond donors (Lipinski definition) is 1. The Bertz CT molecular complexity index is 618. The summed E-state index contributed by atoms with van der Waals surface area (Å²) in [4.78, 5) is 26.0. The summed E-state index contributed by atoms with van der Waals surface area (Å²) in [7, 11) is 0. The van der Waals surface area contributed by atoms with E-state index in [0.717, 1.165) is 0 Å². The smallest absolute Gasteiger partial charge is 0.243 e. The van der Waals surface area contributed by atoms with Crippen LogP contribution in [0.25, 0.3) is 0 Å². The molecule has 0 atom stereocenters. The number of anilines is 1. The van der Waals surface area contributed by atoms with Crippen molar-refractivity contribution in [3.63, 3.8) is 0 Å². The van der Waals surface area contributed by atoms with Crippen molar-refractivity contribution in [2.45, 2.75) is 27.2 Å². The number of rotatable bonds is 9. The number of ether oxygens (including phenoxy) is 3. The lowest BCUT2D eigenvalue weighted by molar-refractivity contribution is -0.135. The molecule has 0 fully saturated rings. The Morgan fingerprint density at radius 1 is 1.23 bits per heavy atom. The predicted octanol–water partition coefficient (Wildman–Crippen LogP) is 2.31. The molecule has 1 N–H and O–H groups in total. The highest BCUT2D eigenvalue weighted by Gasteiger charge is 2.17. The lowest BCUT2D eigenvalue weighted by atomic mass is 10.2. The van der Waals surface area contributed by atoms with E-state index in [1.165, 1.54) is 4.90 Å². The fourth-order valence-electron chi connectivity index (χ4n) is 2.51. The number of nitrogens with zero attached hydrogens (tertiary/aromatic N) is 1. The summed E-state index contributed by atoms with van der Waals surface area (Å²) in [6.45, 7) is 8.45. The summed E-state index contributed by atoms with van der Waals surface area (Å²) in [5, 5.41) is 2.79. The fourth-order valence-corrected chi connectivity index (χ4v) is 2.51. The van der Waals surface area contributed by atoms with Crippen molar-refractivity contribution >= 4 is 17.5 Å². The second-order valence-electron chi connectivity index (χ2n) is 6.53. The van der Waals surface area contributed by atoms with Gasteiger partial charge in [0, 0.05) is 24.9 Å². The van der Waals surface area contributed by atoms with E-state index >= 15 is 0 Å². The maximum Gasteiger partial charge on any atom is 0.243 e. The molecule has 1 aliphatic heterocycles. The van der Waals surface area contributed by atoms with Crippen molar-refractivity contribution in [3.05, 3.63) is 18.2 Å². The molecule has 2 rings (SSSR count). The molecule has 0 saturated heterocycles. The van der Waals surface area contributed by atoms with Crippen LogP contribution in [-0.2, 0) is 14.3 Å². The maximum atomic E-state index is 12.3. The van der Waals surface area contributed by atoms with Gasteiger partial charge in [0.05, 0.1) is 19.6 Å². The molecule has 1 aliphatic rings. The second-order valence-corrected chi connectivity index (χ2v) is 6.53. The highest BCUT2D eigenvalue weighted by atomic mass is 16.6. The van der Waals surface area contributed by atoms with Crippen molar-refractivity contribution in [1.29, 1.82) is 0 Å². The zero-order valence-electron chi connectivity index (χ0n) is 15.7. The lowest BCUT2D eigenvalue weighted by Gasteiger charge is -2.21. The van der Waals surface area contributed by atoms with Gasteiger partial charge in [0.25, 0.3) is 0 Å². The normalized spacial score (nSPS) is 12.8. The van der Waals surface area contributed by atoms with E-state index in [1.807, 2.05) is 6.92 Å². The topological polar surface area (TPSA) is 77.1 Å². The average Bonchev–Trinajstić information content (AvgIpc) is 2.62. The molecule has 1 heterocycles. The second kappa shape index (κ2) is 10.0.